The molecule has 0 aliphatic rings. The summed E-state index contributed by atoms with van der Waals surface area (Å²) in [6.45, 7) is 1.26. The summed E-state index contributed by atoms with van der Waals surface area (Å²) in [5, 5.41) is 18.4. The minimum Gasteiger partial charge on any atom is -0.497 e. The number of aliphatic hydroxyl groups is 1. The molecule has 4 rings (SSSR count). The lowest BCUT2D eigenvalue weighted by molar-refractivity contribution is 0.106. The van der Waals surface area contributed by atoms with Crippen LogP contribution in [-0.4, -0.2) is 41.6 Å². The highest BCUT2D eigenvalue weighted by atomic mass is 16.5. The molecule has 0 unspecified atom stereocenters. The second-order valence-electron chi connectivity index (χ2n) is 6.86. The third-order valence-electron chi connectivity index (χ3n) is 4.66. The fourth-order valence-electron chi connectivity index (χ4n) is 3.12. The smallest absolute Gasteiger partial charge is 0.258 e. The number of aromatic nitrogens is 2. The van der Waals surface area contributed by atoms with E-state index in [0.29, 0.717) is 24.6 Å². The number of hydrogen-bond acceptors (Lipinski definition) is 7. The molecule has 0 fully saturated rings. The van der Waals surface area contributed by atoms with E-state index >= 15 is 0 Å². The Morgan fingerprint density at radius 2 is 1.93 bits per heavy atom. The summed E-state index contributed by atoms with van der Waals surface area (Å²) in [6, 6.07) is 19.1. The number of ether oxygens (including phenoxy) is 2. The molecule has 2 aromatic heterocycles. The maximum atomic E-state index is 10.2. The Labute approximate surface area is 174 Å². The van der Waals surface area contributed by atoms with E-state index in [1.54, 1.807) is 13.3 Å². The van der Waals surface area contributed by atoms with Crippen LogP contribution in [0, 0.1) is 0 Å². The first-order valence-electron chi connectivity index (χ1n) is 9.68. The fraction of sp³-hybridized carbons (Fsp3) is 0.217. The number of nitrogens with zero attached hydrogens (tertiary/aromatic N) is 2. The van der Waals surface area contributed by atoms with Gasteiger partial charge in [0.2, 0.25) is 0 Å². The van der Waals surface area contributed by atoms with Gasteiger partial charge < -0.3 is 24.4 Å². The van der Waals surface area contributed by atoms with Crippen molar-refractivity contribution in [1.82, 2.24) is 15.5 Å². The molecular formula is C23H23N3O4. The van der Waals surface area contributed by atoms with E-state index in [4.69, 9.17) is 14.0 Å². The fourth-order valence-corrected chi connectivity index (χ4v) is 3.12. The zero-order valence-electron chi connectivity index (χ0n) is 16.6. The monoisotopic (exact) mass is 405 g/mol. The largest absolute Gasteiger partial charge is 0.497 e. The summed E-state index contributed by atoms with van der Waals surface area (Å²) in [4.78, 5) is 4.15. The number of hydrogen-bond donors (Lipinski definition) is 2. The van der Waals surface area contributed by atoms with Gasteiger partial charge in [-0.15, -0.1) is 0 Å². The second kappa shape index (κ2) is 9.39. The predicted molar refractivity (Wildman–Crippen MR) is 113 cm³/mol. The molecule has 0 amide bonds. The van der Waals surface area contributed by atoms with Crippen LogP contribution in [0.5, 0.6) is 11.5 Å². The van der Waals surface area contributed by atoms with Gasteiger partial charge in [0.25, 0.3) is 5.71 Å². The summed E-state index contributed by atoms with van der Waals surface area (Å²) < 4.78 is 16.2. The zero-order valence-corrected chi connectivity index (χ0v) is 16.6. The lowest BCUT2D eigenvalue weighted by atomic mass is 10.1. The van der Waals surface area contributed by atoms with Crippen molar-refractivity contribution >= 4 is 11.1 Å². The van der Waals surface area contributed by atoms with Crippen LogP contribution in [0.3, 0.4) is 0 Å². The quantitative estimate of drug-likeness (QED) is 0.441. The highest BCUT2D eigenvalue weighted by Crippen LogP contribution is 2.27. The third-order valence-corrected chi connectivity index (χ3v) is 4.66. The molecule has 1 atom stereocenters. The van der Waals surface area contributed by atoms with Crippen molar-refractivity contribution in [3.8, 4) is 22.8 Å². The van der Waals surface area contributed by atoms with E-state index in [1.807, 2.05) is 60.7 Å². The van der Waals surface area contributed by atoms with Gasteiger partial charge in [0.1, 0.15) is 29.9 Å². The topological polar surface area (TPSA) is 89.6 Å². The molecule has 154 valence electrons. The van der Waals surface area contributed by atoms with Crippen molar-refractivity contribution in [1.29, 1.82) is 0 Å². The van der Waals surface area contributed by atoms with Gasteiger partial charge in [-0.3, -0.25) is 0 Å². The van der Waals surface area contributed by atoms with Gasteiger partial charge in [0.15, 0.2) is 0 Å². The number of rotatable bonds is 9. The first-order valence-corrected chi connectivity index (χ1v) is 9.68. The molecule has 0 radical (unpaired) electrons. The summed E-state index contributed by atoms with van der Waals surface area (Å²) in [5.41, 5.74) is 3.26. The third kappa shape index (κ3) is 4.76. The highest BCUT2D eigenvalue weighted by molar-refractivity contribution is 5.89. The van der Waals surface area contributed by atoms with Crippen LogP contribution in [-0.2, 0) is 6.54 Å². The molecule has 2 N–H and O–H groups in total. The number of fused-ring (bicyclic) bond motifs is 1. The first-order chi connectivity index (χ1) is 14.7. The number of nitrogens with one attached hydrogen (secondary N) is 1. The Bertz CT molecular complexity index is 1100. The van der Waals surface area contributed by atoms with Gasteiger partial charge in [0, 0.05) is 24.8 Å². The molecule has 2 aromatic carbocycles. The van der Waals surface area contributed by atoms with Gasteiger partial charge in [-0.2, -0.15) is 0 Å². The van der Waals surface area contributed by atoms with Crippen LogP contribution in [0.25, 0.3) is 22.4 Å². The van der Waals surface area contributed by atoms with E-state index in [1.165, 1.54) is 0 Å². The molecule has 0 saturated carbocycles. The van der Waals surface area contributed by atoms with Crippen LogP contribution >= 0.6 is 0 Å². The Hall–Kier alpha value is -3.42. The average Bonchev–Trinajstić information content (AvgIpc) is 3.22. The minimum atomic E-state index is -0.624. The first kappa shape index (κ1) is 19.9. The average molecular weight is 405 g/mol. The van der Waals surface area contributed by atoms with Gasteiger partial charge >= 0.3 is 0 Å². The molecule has 0 saturated heterocycles. The van der Waals surface area contributed by atoms with Crippen LogP contribution in [0.1, 0.15) is 5.56 Å². The van der Waals surface area contributed by atoms with E-state index in [0.717, 1.165) is 28.0 Å². The van der Waals surface area contributed by atoms with Crippen molar-refractivity contribution < 1.29 is 19.1 Å². The Morgan fingerprint density at radius 1 is 1.07 bits per heavy atom. The molecular weight excluding hydrogens is 382 g/mol. The van der Waals surface area contributed by atoms with Crippen LogP contribution in [0.15, 0.2) is 71.4 Å². The van der Waals surface area contributed by atoms with Crippen LogP contribution in [0.4, 0.5) is 0 Å². The molecule has 2 heterocycles. The van der Waals surface area contributed by atoms with Crippen molar-refractivity contribution in [2.45, 2.75) is 12.6 Å². The van der Waals surface area contributed by atoms with Crippen molar-refractivity contribution in [3.63, 3.8) is 0 Å². The van der Waals surface area contributed by atoms with Crippen LogP contribution in [0.2, 0.25) is 0 Å². The molecule has 0 aliphatic carbocycles. The van der Waals surface area contributed by atoms with E-state index in [2.05, 4.69) is 15.5 Å². The number of benzene rings is 2. The molecule has 7 nitrogen and oxygen atoms in total. The SMILES string of the molecule is COc1cccc(CNC[C@@H](O)COc2ccc(-c3noc4ncccc34)cc2)c1. The lowest BCUT2D eigenvalue weighted by Gasteiger charge is -2.14. The Morgan fingerprint density at radius 3 is 2.77 bits per heavy atom. The molecule has 0 aliphatic heterocycles. The lowest BCUT2D eigenvalue weighted by Crippen LogP contribution is -2.31. The van der Waals surface area contributed by atoms with E-state index < -0.39 is 6.10 Å². The summed E-state index contributed by atoms with van der Waals surface area (Å²) in [7, 11) is 1.64. The molecule has 30 heavy (non-hydrogen) atoms. The minimum absolute atomic E-state index is 0.196. The maximum Gasteiger partial charge on any atom is 0.258 e. The molecule has 0 bridgehead atoms. The standard InChI is InChI=1S/C23H23N3O4/c1-28-20-5-2-4-16(12-20)13-24-14-18(27)15-29-19-9-7-17(8-10-19)22-21-6-3-11-25-23(21)30-26-22/h2-12,18,24,27H,13-15H2,1H3/t18-/m1/s1. The number of methoxy groups -OCH3 is 1. The highest BCUT2D eigenvalue weighted by Gasteiger charge is 2.11. The predicted octanol–water partition coefficient (Wildman–Crippen LogP) is 3.43. The van der Waals surface area contributed by atoms with Crippen molar-refractivity contribution in [2.75, 3.05) is 20.3 Å². The second-order valence-corrected chi connectivity index (χ2v) is 6.86. The molecule has 4 aromatic rings. The van der Waals surface area contributed by atoms with E-state index in [-0.39, 0.29) is 6.61 Å². The molecule has 7 heteroatoms. The summed E-state index contributed by atoms with van der Waals surface area (Å²) >= 11 is 0. The van der Waals surface area contributed by atoms with Crippen molar-refractivity contribution in [3.05, 3.63) is 72.4 Å². The molecule has 0 spiro atoms. The van der Waals surface area contributed by atoms with Gasteiger partial charge in [-0.05, 0) is 54.1 Å². The normalized spacial score (nSPS) is 12.1. The summed E-state index contributed by atoms with van der Waals surface area (Å²) in [6.07, 6.45) is 1.05. The number of aliphatic hydroxyl groups excluding tert-OH is 1. The Balaban J connectivity index is 1.26. The van der Waals surface area contributed by atoms with Gasteiger partial charge in [-0.1, -0.05) is 17.3 Å². The van der Waals surface area contributed by atoms with Gasteiger partial charge in [-0.25, -0.2) is 4.98 Å². The Kier molecular flexibility index (Phi) is 6.22. The summed E-state index contributed by atoms with van der Waals surface area (Å²) in [5.74, 6) is 1.49. The van der Waals surface area contributed by atoms with Crippen molar-refractivity contribution in [2.24, 2.45) is 0 Å². The maximum absolute atomic E-state index is 10.2. The number of pyridine rings is 1. The zero-order chi connectivity index (χ0) is 20.8. The van der Waals surface area contributed by atoms with Gasteiger partial charge in [0.05, 0.1) is 12.5 Å². The van der Waals surface area contributed by atoms with Crippen LogP contribution < -0.4 is 14.8 Å². The van der Waals surface area contributed by atoms with E-state index in [9.17, 15) is 5.11 Å².